The highest BCUT2D eigenvalue weighted by molar-refractivity contribution is 4.90. The SMILES string of the molecule is COC[C@H]1O[C@@H](OC)[C@@H]2OCCOCCO[C@H]3[C@@H](OC)O[C@H](COC)[C@@H]3OCCOCCO[C@H]21. The summed E-state index contributed by atoms with van der Waals surface area (Å²) in [5.41, 5.74) is 0. The quantitative estimate of drug-likeness (QED) is 0.477. The first-order chi connectivity index (χ1) is 16.7. The smallest absolute Gasteiger partial charge is 0.186 e. The molecular weight excluding hydrogens is 456 g/mol. The predicted octanol–water partition coefficient (Wildman–Crippen LogP) is -0.391. The summed E-state index contributed by atoms with van der Waals surface area (Å²) >= 11 is 0. The molecule has 12 nitrogen and oxygen atoms in total. The van der Waals surface area contributed by atoms with E-state index in [4.69, 9.17) is 56.8 Å². The van der Waals surface area contributed by atoms with Crippen molar-refractivity contribution in [1.82, 2.24) is 0 Å². The van der Waals surface area contributed by atoms with Crippen molar-refractivity contribution in [1.29, 1.82) is 0 Å². The van der Waals surface area contributed by atoms with Crippen molar-refractivity contribution in [3.8, 4) is 0 Å². The molecule has 3 aliphatic rings. The van der Waals surface area contributed by atoms with Crippen LogP contribution in [0.3, 0.4) is 0 Å². The third-order valence-corrected chi connectivity index (χ3v) is 5.81. The van der Waals surface area contributed by atoms with Crippen LogP contribution in [-0.2, 0) is 56.8 Å². The first kappa shape index (κ1) is 28.1. The van der Waals surface area contributed by atoms with Gasteiger partial charge < -0.3 is 56.8 Å². The Morgan fingerprint density at radius 2 is 0.853 bits per heavy atom. The first-order valence-electron chi connectivity index (χ1n) is 11.7. The molecule has 34 heavy (non-hydrogen) atoms. The molecule has 0 spiro atoms. The van der Waals surface area contributed by atoms with E-state index >= 15 is 0 Å². The van der Waals surface area contributed by atoms with Crippen LogP contribution in [0.4, 0.5) is 0 Å². The van der Waals surface area contributed by atoms with E-state index < -0.39 is 24.8 Å². The Balaban J connectivity index is 1.58. The number of fused-ring (bicyclic) bond motifs is 2. The number of rotatable bonds is 6. The van der Waals surface area contributed by atoms with E-state index in [9.17, 15) is 0 Å². The van der Waals surface area contributed by atoms with Crippen molar-refractivity contribution in [3.63, 3.8) is 0 Å². The zero-order chi connectivity index (χ0) is 24.2. The Labute approximate surface area is 201 Å². The fourth-order valence-electron chi connectivity index (χ4n) is 4.29. The van der Waals surface area contributed by atoms with Crippen LogP contribution in [0.15, 0.2) is 0 Å². The Bertz CT molecular complexity index is 496. The average Bonchev–Trinajstić information content (AvgIpc) is 3.35. The molecule has 8 atom stereocenters. The third-order valence-electron chi connectivity index (χ3n) is 5.81. The summed E-state index contributed by atoms with van der Waals surface area (Å²) in [6, 6.07) is 0. The van der Waals surface area contributed by atoms with Crippen molar-refractivity contribution >= 4 is 0 Å². The Hall–Kier alpha value is -0.480. The minimum atomic E-state index is -0.557. The van der Waals surface area contributed by atoms with Crippen molar-refractivity contribution in [2.45, 2.75) is 49.2 Å². The van der Waals surface area contributed by atoms with Gasteiger partial charge >= 0.3 is 0 Å². The molecule has 3 aliphatic heterocycles. The summed E-state index contributed by atoms with van der Waals surface area (Å²) in [6.07, 6.45) is -3.28. The van der Waals surface area contributed by atoms with Crippen molar-refractivity contribution in [2.75, 3.05) is 94.5 Å². The van der Waals surface area contributed by atoms with Gasteiger partial charge in [-0.25, -0.2) is 0 Å². The molecule has 0 aromatic carbocycles. The predicted molar refractivity (Wildman–Crippen MR) is 116 cm³/mol. The van der Waals surface area contributed by atoms with Gasteiger partial charge in [0.05, 0.1) is 66.1 Å². The van der Waals surface area contributed by atoms with Gasteiger partial charge in [-0.1, -0.05) is 0 Å². The lowest BCUT2D eigenvalue weighted by molar-refractivity contribution is -0.175. The van der Waals surface area contributed by atoms with Crippen LogP contribution in [0.1, 0.15) is 0 Å². The molecule has 3 fully saturated rings. The summed E-state index contributed by atoms with van der Waals surface area (Å²) in [7, 11) is 6.39. The van der Waals surface area contributed by atoms with E-state index in [0.29, 0.717) is 66.1 Å². The number of hydrogen-bond donors (Lipinski definition) is 0. The van der Waals surface area contributed by atoms with Crippen LogP contribution in [0.5, 0.6) is 0 Å². The molecule has 0 radical (unpaired) electrons. The molecule has 0 amide bonds. The van der Waals surface area contributed by atoms with E-state index in [0.717, 1.165) is 0 Å². The van der Waals surface area contributed by atoms with Crippen LogP contribution in [-0.4, -0.2) is 144 Å². The van der Waals surface area contributed by atoms with Gasteiger partial charge in [-0.3, -0.25) is 0 Å². The highest BCUT2D eigenvalue weighted by Gasteiger charge is 2.47. The van der Waals surface area contributed by atoms with E-state index in [-0.39, 0.29) is 24.4 Å². The molecule has 0 aromatic rings. The minimum Gasteiger partial charge on any atom is -0.382 e. The molecule has 0 aromatic heterocycles. The van der Waals surface area contributed by atoms with E-state index in [2.05, 4.69) is 0 Å². The molecular formula is C22H40O12. The fourth-order valence-corrected chi connectivity index (χ4v) is 4.29. The summed E-state index contributed by atoms with van der Waals surface area (Å²) < 4.78 is 68.9. The summed E-state index contributed by atoms with van der Waals surface area (Å²) in [5, 5.41) is 0. The van der Waals surface area contributed by atoms with E-state index in [1.807, 2.05) is 0 Å². The highest BCUT2D eigenvalue weighted by atomic mass is 16.7. The number of hydrogen-bond acceptors (Lipinski definition) is 12. The van der Waals surface area contributed by atoms with Gasteiger partial charge in [0.25, 0.3) is 0 Å². The van der Waals surface area contributed by atoms with Gasteiger partial charge in [0.2, 0.25) is 0 Å². The second-order valence-electron chi connectivity index (χ2n) is 8.03. The standard InChI is InChI=1S/C22H40O12/c1-23-13-15-17-19(21(25-3)33-15)31-11-7-28-8-12-32-20-18(30-10-6-27-5-9-29-17)16(14-24-2)34-22(20)26-4/h15-22H,5-14H2,1-4H3/t15-,16-,17+,18+,19-,20-,21-,22+/m1/s1. The molecule has 0 unspecified atom stereocenters. The average molecular weight is 497 g/mol. The third kappa shape index (κ3) is 7.76. The normalized spacial score (nSPS) is 39.2. The Kier molecular flexibility index (Phi) is 12.9. The maximum absolute atomic E-state index is 6.07. The van der Waals surface area contributed by atoms with Crippen LogP contribution in [0.25, 0.3) is 0 Å². The molecule has 0 saturated carbocycles. The van der Waals surface area contributed by atoms with Gasteiger partial charge in [0, 0.05) is 28.4 Å². The van der Waals surface area contributed by atoms with Gasteiger partial charge in [-0.2, -0.15) is 0 Å². The van der Waals surface area contributed by atoms with E-state index in [1.165, 1.54) is 0 Å². The summed E-state index contributed by atoms with van der Waals surface area (Å²) in [5.74, 6) is 0. The molecule has 200 valence electrons. The maximum Gasteiger partial charge on any atom is 0.186 e. The van der Waals surface area contributed by atoms with Crippen LogP contribution >= 0.6 is 0 Å². The monoisotopic (exact) mass is 496 g/mol. The van der Waals surface area contributed by atoms with Gasteiger partial charge in [0.1, 0.15) is 36.6 Å². The molecule has 12 heteroatoms. The van der Waals surface area contributed by atoms with Crippen LogP contribution < -0.4 is 0 Å². The summed E-state index contributed by atoms with van der Waals surface area (Å²) in [6.45, 7) is 3.66. The molecule has 0 aliphatic carbocycles. The highest BCUT2D eigenvalue weighted by Crippen LogP contribution is 2.29. The van der Waals surface area contributed by atoms with E-state index in [1.54, 1.807) is 28.4 Å². The minimum absolute atomic E-state index is 0.311. The molecule has 3 rings (SSSR count). The van der Waals surface area contributed by atoms with Crippen LogP contribution in [0, 0.1) is 0 Å². The zero-order valence-electron chi connectivity index (χ0n) is 20.6. The maximum atomic E-state index is 6.07. The Morgan fingerprint density at radius 1 is 0.500 bits per heavy atom. The molecule has 3 saturated heterocycles. The molecule has 0 N–H and O–H groups in total. The van der Waals surface area contributed by atoms with Crippen molar-refractivity contribution in [2.24, 2.45) is 0 Å². The van der Waals surface area contributed by atoms with Crippen LogP contribution in [0.2, 0.25) is 0 Å². The second kappa shape index (κ2) is 15.6. The molecule has 3 heterocycles. The number of ether oxygens (including phenoxy) is 12. The lowest BCUT2D eigenvalue weighted by Gasteiger charge is -2.25. The van der Waals surface area contributed by atoms with Crippen molar-refractivity contribution < 1.29 is 56.8 Å². The lowest BCUT2D eigenvalue weighted by Crippen LogP contribution is -2.41. The van der Waals surface area contributed by atoms with Gasteiger partial charge in [-0.15, -0.1) is 0 Å². The lowest BCUT2D eigenvalue weighted by atomic mass is 10.1. The van der Waals surface area contributed by atoms with Gasteiger partial charge in [0.15, 0.2) is 12.6 Å². The fraction of sp³-hybridized carbons (Fsp3) is 1.00. The molecule has 0 bridgehead atoms. The number of methoxy groups -OCH3 is 4. The first-order valence-corrected chi connectivity index (χ1v) is 11.7. The summed E-state index contributed by atoms with van der Waals surface area (Å²) in [4.78, 5) is 0. The largest absolute Gasteiger partial charge is 0.382 e. The van der Waals surface area contributed by atoms with Crippen molar-refractivity contribution in [3.05, 3.63) is 0 Å². The topological polar surface area (TPSA) is 111 Å². The second-order valence-corrected chi connectivity index (χ2v) is 8.03. The van der Waals surface area contributed by atoms with Gasteiger partial charge in [-0.05, 0) is 0 Å². The Morgan fingerprint density at radius 3 is 1.18 bits per heavy atom. The zero-order valence-corrected chi connectivity index (χ0v) is 20.6.